The first-order valence-corrected chi connectivity index (χ1v) is 7.38. The van der Waals surface area contributed by atoms with E-state index in [-0.39, 0.29) is 0 Å². The van der Waals surface area contributed by atoms with Crippen molar-refractivity contribution < 1.29 is 19.3 Å². The molecule has 1 unspecified atom stereocenters. The highest BCUT2D eigenvalue weighted by Gasteiger charge is 2.05. The number of aryl methyl sites for hydroxylation is 1. The van der Waals surface area contributed by atoms with Crippen LogP contribution in [0.4, 0.5) is 0 Å². The summed E-state index contributed by atoms with van der Waals surface area (Å²) in [4.78, 5) is 0. The van der Waals surface area contributed by atoms with Crippen molar-refractivity contribution in [2.45, 2.75) is 19.4 Å². The van der Waals surface area contributed by atoms with E-state index in [1.165, 1.54) is 0 Å². The van der Waals surface area contributed by atoms with Gasteiger partial charge in [-0.25, -0.2) is 0 Å². The Kier molecular flexibility index (Phi) is 9.82. The lowest BCUT2D eigenvalue weighted by Crippen LogP contribution is -2.32. The molecule has 21 heavy (non-hydrogen) atoms. The minimum Gasteiger partial charge on any atom is -0.491 e. The van der Waals surface area contributed by atoms with Crippen molar-refractivity contribution in [3.05, 3.63) is 29.8 Å². The molecule has 0 radical (unpaired) electrons. The lowest BCUT2D eigenvalue weighted by molar-refractivity contribution is 0.0683. The van der Waals surface area contributed by atoms with E-state index in [1.807, 2.05) is 31.2 Å². The van der Waals surface area contributed by atoms with Gasteiger partial charge in [0.05, 0.1) is 13.2 Å². The average Bonchev–Trinajstić information content (AvgIpc) is 2.49. The van der Waals surface area contributed by atoms with Crippen LogP contribution in [-0.2, 0) is 9.47 Å². The molecule has 0 heterocycles. The number of rotatable bonds is 12. The molecule has 120 valence electrons. The molecule has 0 bridgehead atoms. The molecule has 0 amide bonds. The molecule has 0 saturated heterocycles. The Morgan fingerprint density at radius 3 is 2.76 bits per heavy atom. The van der Waals surface area contributed by atoms with Gasteiger partial charge >= 0.3 is 0 Å². The van der Waals surface area contributed by atoms with Gasteiger partial charge in [0.2, 0.25) is 0 Å². The van der Waals surface area contributed by atoms with Crippen LogP contribution in [0.15, 0.2) is 24.3 Å². The third-order valence-corrected chi connectivity index (χ3v) is 2.98. The quantitative estimate of drug-likeness (QED) is 0.571. The molecule has 1 aromatic rings. The maximum Gasteiger partial charge on any atom is 0.122 e. The first-order valence-electron chi connectivity index (χ1n) is 7.38. The number of methoxy groups -OCH3 is 1. The molecular formula is C16H27NO4. The van der Waals surface area contributed by atoms with Crippen LogP contribution in [-0.4, -0.2) is 57.8 Å². The number of benzene rings is 1. The van der Waals surface area contributed by atoms with Gasteiger partial charge in [-0.15, -0.1) is 0 Å². The molecule has 1 aromatic carbocycles. The Bertz CT molecular complexity index is 373. The zero-order valence-electron chi connectivity index (χ0n) is 13.0. The maximum atomic E-state index is 9.84. The van der Waals surface area contributed by atoms with Crippen LogP contribution in [0.5, 0.6) is 5.75 Å². The SMILES string of the molecule is COCCOCCCNCC(O)COc1ccccc1C. The molecule has 0 aliphatic carbocycles. The largest absolute Gasteiger partial charge is 0.491 e. The minimum atomic E-state index is -0.515. The highest BCUT2D eigenvalue weighted by atomic mass is 16.5. The number of hydrogen-bond acceptors (Lipinski definition) is 5. The predicted molar refractivity (Wildman–Crippen MR) is 82.9 cm³/mol. The van der Waals surface area contributed by atoms with E-state index in [4.69, 9.17) is 14.2 Å². The predicted octanol–water partition coefficient (Wildman–Crippen LogP) is 1.38. The molecular weight excluding hydrogens is 270 g/mol. The van der Waals surface area contributed by atoms with Crippen molar-refractivity contribution in [1.29, 1.82) is 0 Å². The van der Waals surface area contributed by atoms with Gasteiger partial charge in [-0.2, -0.15) is 0 Å². The van der Waals surface area contributed by atoms with Gasteiger partial charge in [-0.3, -0.25) is 0 Å². The molecule has 0 aliphatic rings. The lowest BCUT2D eigenvalue weighted by Gasteiger charge is -2.14. The molecule has 5 nitrogen and oxygen atoms in total. The number of hydrogen-bond donors (Lipinski definition) is 2. The Balaban J connectivity index is 1.99. The zero-order chi connectivity index (χ0) is 15.3. The van der Waals surface area contributed by atoms with Crippen LogP contribution in [0.2, 0.25) is 0 Å². The third kappa shape index (κ3) is 8.67. The highest BCUT2D eigenvalue weighted by Crippen LogP contribution is 2.16. The highest BCUT2D eigenvalue weighted by molar-refractivity contribution is 5.31. The van der Waals surface area contributed by atoms with Crippen molar-refractivity contribution in [3.8, 4) is 5.75 Å². The fourth-order valence-electron chi connectivity index (χ4n) is 1.78. The fraction of sp³-hybridized carbons (Fsp3) is 0.625. The normalized spacial score (nSPS) is 12.3. The standard InChI is InChI=1S/C16H27NO4/c1-14-6-3-4-7-16(14)21-13-15(18)12-17-8-5-9-20-11-10-19-2/h3-4,6-7,15,17-18H,5,8-13H2,1-2H3. The Morgan fingerprint density at radius 1 is 1.19 bits per heavy atom. The molecule has 0 saturated carbocycles. The first-order chi connectivity index (χ1) is 10.2. The summed E-state index contributed by atoms with van der Waals surface area (Å²) < 4.78 is 15.8. The number of nitrogens with one attached hydrogen (secondary N) is 1. The van der Waals surface area contributed by atoms with Gasteiger partial charge in [0.25, 0.3) is 0 Å². The molecule has 0 fully saturated rings. The van der Waals surface area contributed by atoms with Crippen LogP contribution >= 0.6 is 0 Å². The maximum absolute atomic E-state index is 9.84. The van der Waals surface area contributed by atoms with Crippen molar-refractivity contribution >= 4 is 0 Å². The summed E-state index contributed by atoms with van der Waals surface area (Å²) in [5.41, 5.74) is 1.07. The van der Waals surface area contributed by atoms with Crippen LogP contribution in [0.3, 0.4) is 0 Å². The van der Waals surface area contributed by atoms with E-state index in [1.54, 1.807) is 7.11 Å². The van der Waals surface area contributed by atoms with Crippen molar-refractivity contribution in [2.24, 2.45) is 0 Å². The van der Waals surface area contributed by atoms with E-state index < -0.39 is 6.10 Å². The molecule has 2 N–H and O–H groups in total. The topological polar surface area (TPSA) is 60.0 Å². The summed E-state index contributed by atoms with van der Waals surface area (Å²) in [6.45, 7) is 5.57. The molecule has 5 heteroatoms. The number of para-hydroxylation sites is 1. The summed E-state index contributed by atoms with van der Waals surface area (Å²) in [7, 11) is 1.66. The summed E-state index contributed by atoms with van der Waals surface area (Å²) >= 11 is 0. The lowest BCUT2D eigenvalue weighted by atomic mass is 10.2. The Hall–Kier alpha value is -1.14. The second kappa shape index (κ2) is 11.5. The van der Waals surface area contributed by atoms with Gasteiger partial charge in [-0.1, -0.05) is 18.2 Å². The van der Waals surface area contributed by atoms with Crippen molar-refractivity contribution in [2.75, 3.05) is 46.6 Å². The molecule has 0 spiro atoms. The number of aliphatic hydroxyl groups excluding tert-OH is 1. The van der Waals surface area contributed by atoms with Crippen molar-refractivity contribution in [3.63, 3.8) is 0 Å². The van der Waals surface area contributed by atoms with E-state index >= 15 is 0 Å². The Morgan fingerprint density at radius 2 is 2.00 bits per heavy atom. The van der Waals surface area contributed by atoms with E-state index in [0.717, 1.165) is 24.3 Å². The van der Waals surface area contributed by atoms with Crippen LogP contribution in [0, 0.1) is 6.92 Å². The monoisotopic (exact) mass is 297 g/mol. The fourth-order valence-corrected chi connectivity index (χ4v) is 1.78. The van der Waals surface area contributed by atoms with E-state index in [2.05, 4.69) is 5.32 Å². The number of aliphatic hydroxyl groups is 1. The zero-order valence-corrected chi connectivity index (χ0v) is 13.0. The molecule has 1 atom stereocenters. The van der Waals surface area contributed by atoms with Crippen LogP contribution in [0.25, 0.3) is 0 Å². The Labute approximate surface area is 127 Å². The summed E-state index contributed by atoms with van der Waals surface area (Å²) in [5, 5.41) is 13.0. The third-order valence-electron chi connectivity index (χ3n) is 2.98. The van der Waals surface area contributed by atoms with E-state index in [0.29, 0.717) is 33.0 Å². The number of ether oxygens (including phenoxy) is 3. The van der Waals surface area contributed by atoms with Gasteiger partial charge in [0.1, 0.15) is 18.5 Å². The average molecular weight is 297 g/mol. The molecule has 1 rings (SSSR count). The van der Waals surface area contributed by atoms with Gasteiger partial charge in [0.15, 0.2) is 0 Å². The molecule has 0 aliphatic heterocycles. The van der Waals surface area contributed by atoms with Crippen molar-refractivity contribution in [1.82, 2.24) is 5.32 Å². The van der Waals surface area contributed by atoms with Gasteiger partial charge < -0.3 is 24.6 Å². The van der Waals surface area contributed by atoms with Gasteiger partial charge in [-0.05, 0) is 31.5 Å². The minimum absolute atomic E-state index is 0.294. The van der Waals surface area contributed by atoms with Crippen LogP contribution < -0.4 is 10.1 Å². The van der Waals surface area contributed by atoms with Gasteiger partial charge in [0, 0.05) is 20.3 Å². The molecule has 0 aromatic heterocycles. The summed E-state index contributed by atoms with van der Waals surface area (Å²) in [6, 6.07) is 7.79. The first kappa shape index (κ1) is 17.9. The second-order valence-corrected chi connectivity index (χ2v) is 4.89. The summed E-state index contributed by atoms with van der Waals surface area (Å²) in [5.74, 6) is 0.822. The smallest absolute Gasteiger partial charge is 0.122 e. The second-order valence-electron chi connectivity index (χ2n) is 4.89. The summed E-state index contributed by atoms with van der Waals surface area (Å²) in [6.07, 6.45) is 0.397. The van der Waals surface area contributed by atoms with E-state index in [9.17, 15) is 5.11 Å². The van der Waals surface area contributed by atoms with Crippen LogP contribution in [0.1, 0.15) is 12.0 Å².